The first kappa shape index (κ1) is 11.6. The van der Waals surface area contributed by atoms with Crippen molar-refractivity contribution in [2.24, 2.45) is 11.8 Å². The highest BCUT2D eigenvalue weighted by atomic mass is 79.9. The van der Waals surface area contributed by atoms with E-state index in [2.05, 4.69) is 28.2 Å². The van der Waals surface area contributed by atoms with Gasteiger partial charge in [0.1, 0.15) is 5.82 Å². The van der Waals surface area contributed by atoms with Gasteiger partial charge in [-0.3, -0.25) is 4.79 Å². The number of hydrogen-bond acceptors (Lipinski definition) is 1. The molecule has 0 spiro atoms. The molecule has 1 aromatic rings. The van der Waals surface area contributed by atoms with Crippen LogP contribution in [0.5, 0.6) is 0 Å². The largest absolute Gasteiger partial charge is 0.352 e. The predicted octanol–water partition coefficient (Wildman–Crippen LogP) is 2.86. The van der Waals surface area contributed by atoms with Crippen LogP contribution in [0.1, 0.15) is 18.9 Å². The Morgan fingerprint density at radius 1 is 1.56 bits per heavy atom. The molecule has 0 radical (unpaired) electrons. The van der Waals surface area contributed by atoms with E-state index in [1.54, 1.807) is 6.07 Å². The highest BCUT2D eigenvalue weighted by molar-refractivity contribution is 9.10. The minimum Gasteiger partial charge on any atom is -0.352 e. The van der Waals surface area contributed by atoms with Gasteiger partial charge in [-0.15, -0.1) is 0 Å². The number of halogens is 2. The summed E-state index contributed by atoms with van der Waals surface area (Å²) in [6.07, 6.45) is 0.971. The van der Waals surface area contributed by atoms with Gasteiger partial charge in [-0.2, -0.15) is 0 Å². The van der Waals surface area contributed by atoms with E-state index in [1.807, 2.05) is 0 Å². The van der Waals surface area contributed by atoms with E-state index in [9.17, 15) is 9.18 Å². The van der Waals surface area contributed by atoms with Gasteiger partial charge in [0, 0.05) is 16.9 Å². The van der Waals surface area contributed by atoms with Crippen molar-refractivity contribution in [1.82, 2.24) is 5.32 Å². The predicted molar refractivity (Wildman–Crippen MR) is 63.2 cm³/mol. The number of hydrogen-bond donors (Lipinski definition) is 1. The van der Waals surface area contributed by atoms with Crippen molar-refractivity contribution in [2.45, 2.75) is 19.9 Å². The summed E-state index contributed by atoms with van der Waals surface area (Å²) in [6, 6.07) is 4.63. The van der Waals surface area contributed by atoms with Gasteiger partial charge < -0.3 is 5.32 Å². The Morgan fingerprint density at radius 2 is 2.25 bits per heavy atom. The minimum absolute atomic E-state index is 0.0767. The van der Waals surface area contributed by atoms with Gasteiger partial charge in [0.25, 0.3) is 0 Å². The van der Waals surface area contributed by atoms with Crippen LogP contribution in [0.4, 0.5) is 4.39 Å². The second kappa shape index (κ2) is 4.53. The summed E-state index contributed by atoms with van der Waals surface area (Å²) in [5.41, 5.74) is 0.772. The number of nitrogens with one attached hydrogen (secondary N) is 1. The molecule has 86 valence electrons. The maximum atomic E-state index is 13.0. The molecule has 16 heavy (non-hydrogen) atoms. The lowest BCUT2D eigenvalue weighted by molar-refractivity contribution is -0.122. The topological polar surface area (TPSA) is 29.1 Å². The average Bonchev–Trinajstić information content (AvgIpc) is 2.90. The third kappa shape index (κ3) is 2.82. The molecule has 1 aliphatic carbocycles. The van der Waals surface area contributed by atoms with Crippen molar-refractivity contribution in [3.05, 3.63) is 34.1 Å². The van der Waals surface area contributed by atoms with Gasteiger partial charge >= 0.3 is 0 Å². The molecule has 1 saturated carbocycles. The van der Waals surface area contributed by atoms with Crippen LogP contribution < -0.4 is 5.32 Å². The van der Waals surface area contributed by atoms with Crippen molar-refractivity contribution in [2.75, 3.05) is 0 Å². The molecule has 0 heterocycles. The van der Waals surface area contributed by atoms with Crippen LogP contribution in [0, 0.1) is 17.7 Å². The fourth-order valence-corrected chi connectivity index (χ4v) is 2.23. The molecule has 0 aliphatic heterocycles. The summed E-state index contributed by atoms with van der Waals surface area (Å²) < 4.78 is 13.7. The molecule has 0 unspecified atom stereocenters. The van der Waals surface area contributed by atoms with Crippen LogP contribution in [0.3, 0.4) is 0 Å². The molecule has 4 heteroatoms. The van der Waals surface area contributed by atoms with E-state index in [4.69, 9.17) is 0 Å². The smallest absolute Gasteiger partial charge is 0.223 e. The van der Waals surface area contributed by atoms with E-state index >= 15 is 0 Å². The van der Waals surface area contributed by atoms with Crippen LogP contribution in [-0.4, -0.2) is 5.91 Å². The first-order valence-corrected chi connectivity index (χ1v) is 6.08. The highest BCUT2D eigenvalue weighted by Crippen LogP contribution is 2.37. The molecule has 2 atom stereocenters. The van der Waals surface area contributed by atoms with Crippen LogP contribution >= 0.6 is 15.9 Å². The number of carbonyl (C=O) groups excluding carboxylic acids is 1. The molecule has 1 fully saturated rings. The average molecular weight is 286 g/mol. The van der Waals surface area contributed by atoms with Crippen molar-refractivity contribution in [3.8, 4) is 0 Å². The Bertz CT molecular complexity index is 401. The molecule has 0 aromatic heterocycles. The highest BCUT2D eigenvalue weighted by Gasteiger charge is 2.38. The van der Waals surface area contributed by atoms with Gasteiger partial charge in [0.2, 0.25) is 5.91 Å². The summed E-state index contributed by atoms with van der Waals surface area (Å²) in [7, 11) is 0. The van der Waals surface area contributed by atoms with E-state index in [-0.39, 0.29) is 17.6 Å². The minimum atomic E-state index is -0.293. The van der Waals surface area contributed by atoms with Crippen molar-refractivity contribution >= 4 is 21.8 Å². The molecule has 0 bridgehead atoms. The summed E-state index contributed by atoms with van der Waals surface area (Å²) in [5.74, 6) is 0.447. The summed E-state index contributed by atoms with van der Waals surface area (Å²) in [4.78, 5) is 11.5. The third-order valence-electron chi connectivity index (χ3n) is 2.84. The molecular weight excluding hydrogens is 273 g/mol. The maximum absolute atomic E-state index is 13.0. The molecule has 2 rings (SSSR count). The second-order valence-electron chi connectivity index (χ2n) is 4.31. The molecular formula is C12H13BrFNO. The second-order valence-corrected chi connectivity index (χ2v) is 5.23. The van der Waals surface area contributed by atoms with Crippen molar-refractivity contribution in [1.29, 1.82) is 0 Å². The molecule has 2 nitrogen and oxygen atoms in total. The number of rotatable bonds is 3. The SMILES string of the molecule is C[C@@H]1C[C@@H]1C(=O)NCc1cc(F)cc(Br)c1. The first-order chi connectivity index (χ1) is 7.56. The van der Waals surface area contributed by atoms with Crippen LogP contribution in [0.2, 0.25) is 0 Å². The summed E-state index contributed by atoms with van der Waals surface area (Å²) in [6.45, 7) is 2.45. The van der Waals surface area contributed by atoms with Crippen molar-refractivity contribution in [3.63, 3.8) is 0 Å². The van der Waals surface area contributed by atoms with Crippen LogP contribution in [0.15, 0.2) is 22.7 Å². The van der Waals surface area contributed by atoms with Gasteiger partial charge in [0.05, 0.1) is 0 Å². The Kier molecular flexibility index (Phi) is 3.28. The van der Waals surface area contributed by atoms with E-state index in [1.165, 1.54) is 12.1 Å². The van der Waals surface area contributed by atoms with E-state index in [0.717, 1.165) is 12.0 Å². The monoisotopic (exact) mass is 285 g/mol. The summed E-state index contributed by atoms with van der Waals surface area (Å²) >= 11 is 3.22. The van der Waals surface area contributed by atoms with Crippen LogP contribution in [0.25, 0.3) is 0 Å². The normalized spacial score (nSPS) is 22.9. The Hall–Kier alpha value is -0.900. The van der Waals surface area contributed by atoms with Gasteiger partial charge in [-0.25, -0.2) is 4.39 Å². The third-order valence-corrected chi connectivity index (χ3v) is 3.29. The van der Waals surface area contributed by atoms with Crippen LogP contribution in [-0.2, 0) is 11.3 Å². The lowest BCUT2D eigenvalue weighted by Crippen LogP contribution is -2.24. The number of benzene rings is 1. The molecule has 1 aliphatic rings. The Morgan fingerprint density at radius 3 is 2.81 bits per heavy atom. The quantitative estimate of drug-likeness (QED) is 0.909. The fourth-order valence-electron chi connectivity index (χ4n) is 1.72. The number of carbonyl (C=O) groups is 1. The maximum Gasteiger partial charge on any atom is 0.223 e. The van der Waals surface area contributed by atoms with E-state index in [0.29, 0.717) is 16.9 Å². The zero-order chi connectivity index (χ0) is 11.7. The molecule has 1 N–H and O–H groups in total. The zero-order valence-electron chi connectivity index (χ0n) is 8.97. The lowest BCUT2D eigenvalue weighted by atomic mass is 10.2. The lowest BCUT2D eigenvalue weighted by Gasteiger charge is -2.05. The molecule has 0 saturated heterocycles. The Balaban J connectivity index is 1.91. The molecule has 1 aromatic carbocycles. The van der Waals surface area contributed by atoms with Gasteiger partial charge in [-0.05, 0) is 36.1 Å². The Labute approximate surface area is 102 Å². The van der Waals surface area contributed by atoms with Crippen molar-refractivity contribution < 1.29 is 9.18 Å². The van der Waals surface area contributed by atoms with Gasteiger partial charge in [0.15, 0.2) is 0 Å². The standard InChI is InChI=1S/C12H13BrFNO/c1-7-2-11(7)12(16)15-6-8-3-9(13)5-10(14)4-8/h3-5,7,11H,2,6H2,1H3,(H,15,16)/t7-,11+/m1/s1. The molecule has 1 amide bonds. The first-order valence-electron chi connectivity index (χ1n) is 5.29. The van der Waals surface area contributed by atoms with E-state index < -0.39 is 0 Å². The zero-order valence-corrected chi connectivity index (χ0v) is 10.6. The number of amides is 1. The summed E-state index contributed by atoms with van der Waals surface area (Å²) in [5, 5.41) is 2.82. The fraction of sp³-hybridized carbons (Fsp3) is 0.417. The van der Waals surface area contributed by atoms with Gasteiger partial charge in [-0.1, -0.05) is 22.9 Å².